The van der Waals surface area contributed by atoms with Gasteiger partial charge in [-0.1, -0.05) is 13.8 Å². The molecule has 2 fully saturated rings. The molecular weight excluding hydrogens is 400 g/mol. The summed E-state index contributed by atoms with van der Waals surface area (Å²) in [7, 11) is 1.60. The Balaban J connectivity index is 1.76. The molecule has 2 saturated carbocycles. The largest absolute Gasteiger partial charge is 0.462 e. The zero-order valence-corrected chi connectivity index (χ0v) is 18.4. The molecule has 0 N–H and O–H groups in total. The van der Waals surface area contributed by atoms with Crippen molar-refractivity contribution in [2.24, 2.45) is 29.1 Å². The van der Waals surface area contributed by atoms with Gasteiger partial charge in [0.05, 0.1) is 12.2 Å². The Morgan fingerprint density at radius 1 is 1.26 bits per heavy atom. The summed E-state index contributed by atoms with van der Waals surface area (Å²) in [6, 6.07) is 0. The number of hydrogen-bond donors (Lipinski definition) is 0. The minimum Gasteiger partial charge on any atom is -0.462 e. The van der Waals surface area contributed by atoms with Gasteiger partial charge in [-0.25, -0.2) is 0 Å². The highest BCUT2D eigenvalue weighted by atomic mass is 16.5. The van der Waals surface area contributed by atoms with Crippen LogP contribution in [0.2, 0.25) is 0 Å². The van der Waals surface area contributed by atoms with Gasteiger partial charge in [-0.3, -0.25) is 19.2 Å². The Hall–Kier alpha value is -2.28. The monoisotopic (exact) mass is 428 g/mol. The second-order valence-electron chi connectivity index (χ2n) is 10.2. The van der Waals surface area contributed by atoms with E-state index in [-0.39, 0.29) is 47.3 Å². The number of carbonyl (C=O) groups excluding carboxylic acids is 4. The van der Waals surface area contributed by atoms with Gasteiger partial charge >= 0.3 is 5.97 Å². The van der Waals surface area contributed by atoms with Crippen LogP contribution in [0.5, 0.6) is 0 Å². The van der Waals surface area contributed by atoms with E-state index >= 15 is 0 Å². The van der Waals surface area contributed by atoms with Crippen molar-refractivity contribution >= 4 is 23.3 Å². The lowest BCUT2D eigenvalue weighted by Gasteiger charge is -2.58. The molecule has 0 bridgehead atoms. The first kappa shape index (κ1) is 20.6. The predicted octanol–water partition coefficient (Wildman–Crippen LogP) is 3.14. The van der Waals surface area contributed by atoms with Crippen molar-refractivity contribution in [1.29, 1.82) is 0 Å². The maximum Gasteiger partial charge on any atom is 0.302 e. The Kier molecular flexibility index (Phi) is 4.39. The Bertz CT molecular complexity index is 1010. The summed E-state index contributed by atoms with van der Waals surface area (Å²) in [5, 5.41) is 0. The van der Waals surface area contributed by atoms with Crippen molar-refractivity contribution in [3.63, 3.8) is 0 Å². The smallest absolute Gasteiger partial charge is 0.302 e. The van der Waals surface area contributed by atoms with Crippen LogP contribution in [-0.2, 0) is 24.5 Å². The zero-order chi connectivity index (χ0) is 22.3. The van der Waals surface area contributed by atoms with Gasteiger partial charge in [0.25, 0.3) is 0 Å². The molecule has 7 atom stereocenters. The van der Waals surface area contributed by atoms with Crippen molar-refractivity contribution in [3.8, 4) is 0 Å². The number of furan rings is 1. The maximum atomic E-state index is 13.8. The number of fused-ring (bicyclic) bond motifs is 4. The number of hydrogen-bond acceptors (Lipinski definition) is 7. The SMILES string of the molecule is COC[C@H]1CC(=O)c2coc3c2[C@@]1(C)C1C(C3=O)[C@@H]2CCC(=O)[C@@]2(C)C[C@H]1OC(C)=O. The topological polar surface area (TPSA) is 99.9 Å². The summed E-state index contributed by atoms with van der Waals surface area (Å²) >= 11 is 0. The van der Waals surface area contributed by atoms with Gasteiger partial charge in [0, 0.05) is 55.1 Å². The summed E-state index contributed by atoms with van der Waals surface area (Å²) in [6.45, 7) is 5.67. The summed E-state index contributed by atoms with van der Waals surface area (Å²) in [5.41, 5.74) is -0.259. The van der Waals surface area contributed by atoms with Crippen LogP contribution in [0.4, 0.5) is 0 Å². The fourth-order valence-corrected chi connectivity index (χ4v) is 7.45. The molecule has 0 aliphatic heterocycles. The van der Waals surface area contributed by atoms with Gasteiger partial charge in [0.2, 0.25) is 5.78 Å². The number of carbonyl (C=O) groups is 4. The van der Waals surface area contributed by atoms with Crippen LogP contribution in [-0.4, -0.2) is 43.1 Å². The van der Waals surface area contributed by atoms with Gasteiger partial charge in [0.15, 0.2) is 11.5 Å². The van der Waals surface area contributed by atoms with E-state index in [0.717, 1.165) is 0 Å². The third kappa shape index (κ3) is 2.50. The molecule has 4 aliphatic rings. The van der Waals surface area contributed by atoms with Crippen LogP contribution in [0, 0.1) is 29.1 Å². The van der Waals surface area contributed by atoms with Crippen LogP contribution in [0.25, 0.3) is 0 Å². The lowest BCUT2D eigenvalue weighted by molar-refractivity contribution is -0.169. The van der Waals surface area contributed by atoms with Gasteiger partial charge in [0.1, 0.15) is 18.2 Å². The molecule has 0 amide bonds. The Morgan fingerprint density at radius 3 is 2.68 bits per heavy atom. The normalized spacial score (nSPS) is 40.9. The van der Waals surface area contributed by atoms with E-state index < -0.39 is 28.8 Å². The number of ketones is 3. The van der Waals surface area contributed by atoms with Crippen LogP contribution >= 0.6 is 0 Å². The lowest BCUT2D eigenvalue weighted by Crippen LogP contribution is -2.63. The van der Waals surface area contributed by atoms with E-state index in [0.29, 0.717) is 37.0 Å². The summed E-state index contributed by atoms with van der Waals surface area (Å²) in [4.78, 5) is 51.7. The molecule has 0 spiro atoms. The lowest BCUT2D eigenvalue weighted by atomic mass is 9.44. The molecule has 1 aromatic rings. The van der Waals surface area contributed by atoms with Crippen LogP contribution in [0.3, 0.4) is 0 Å². The molecule has 1 aromatic heterocycles. The molecule has 7 heteroatoms. The fourth-order valence-electron chi connectivity index (χ4n) is 7.45. The number of ether oxygens (including phenoxy) is 2. The molecule has 4 aliphatic carbocycles. The molecule has 5 rings (SSSR count). The van der Waals surface area contributed by atoms with E-state index in [1.807, 2.05) is 6.92 Å². The van der Waals surface area contributed by atoms with Gasteiger partial charge in [-0.15, -0.1) is 0 Å². The molecule has 2 unspecified atom stereocenters. The van der Waals surface area contributed by atoms with E-state index in [1.165, 1.54) is 13.2 Å². The average Bonchev–Trinajstić information content (AvgIpc) is 3.27. The first-order valence-corrected chi connectivity index (χ1v) is 11.0. The standard InChI is InChI=1S/C24H28O7/c1-11(25)31-16-8-23(2)14(5-6-17(23)27)18-20(16)24(3)12(9-29-4)7-15(26)13-10-30-22(19(13)24)21(18)28/h10,12,14,16,18,20H,5-9H2,1-4H3/t12-,14+,16-,18?,20?,23+,24+/m1/s1. The quantitative estimate of drug-likeness (QED) is 0.682. The number of methoxy groups -OCH3 is 1. The third-order valence-electron chi connectivity index (χ3n) is 8.80. The molecule has 7 nitrogen and oxygen atoms in total. The third-order valence-corrected chi connectivity index (χ3v) is 8.80. The highest BCUT2D eigenvalue weighted by Gasteiger charge is 2.69. The molecule has 166 valence electrons. The van der Waals surface area contributed by atoms with Crippen molar-refractivity contribution in [2.45, 2.75) is 58.0 Å². The Morgan fingerprint density at radius 2 is 2.00 bits per heavy atom. The molecule has 0 radical (unpaired) electrons. The highest BCUT2D eigenvalue weighted by Crippen LogP contribution is 2.65. The number of Topliss-reactive ketones (excluding diaryl/α,β-unsaturated/α-hetero) is 3. The molecule has 0 saturated heterocycles. The van der Waals surface area contributed by atoms with Crippen molar-refractivity contribution in [2.75, 3.05) is 13.7 Å². The summed E-state index contributed by atoms with van der Waals surface area (Å²) in [5.74, 6) is -1.46. The summed E-state index contributed by atoms with van der Waals surface area (Å²) < 4.78 is 17.1. The Labute approximate surface area is 180 Å². The molecule has 31 heavy (non-hydrogen) atoms. The van der Waals surface area contributed by atoms with Crippen molar-refractivity contribution < 1.29 is 33.1 Å². The molecule has 1 heterocycles. The van der Waals surface area contributed by atoms with Crippen LogP contribution < -0.4 is 0 Å². The van der Waals surface area contributed by atoms with Gasteiger partial charge in [-0.2, -0.15) is 0 Å². The first-order chi connectivity index (χ1) is 14.6. The minimum atomic E-state index is -0.707. The van der Waals surface area contributed by atoms with Crippen molar-refractivity contribution in [1.82, 2.24) is 0 Å². The number of rotatable bonds is 3. The van der Waals surface area contributed by atoms with E-state index in [9.17, 15) is 19.2 Å². The molecular formula is C24H28O7. The van der Waals surface area contributed by atoms with E-state index in [1.54, 1.807) is 7.11 Å². The van der Waals surface area contributed by atoms with E-state index in [2.05, 4.69) is 6.92 Å². The van der Waals surface area contributed by atoms with Gasteiger partial charge in [-0.05, 0) is 24.7 Å². The van der Waals surface area contributed by atoms with Crippen molar-refractivity contribution in [3.05, 3.63) is 23.2 Å². The van der Waals surface area contributed by atoms with Gasteiger partial charge < -0.3 is 13.9 Å². The van der Waals surface area contributed by atoms with Crippen LogP contribution in [0.1, 0.15) is 72.9 Å². The number of esters is 1. The van der Waals surface area contributed by atoms with Crippen LogP contribution in [0.15, 0.2) is 10.7 Å². The van der Waals surface area contributed by atoms with E-state index in [4.69, 9.17) is 13.9 Å². The summed E-state index contributed by atoms with van der Waals surface area (Å²) in [6.07, 6.45) is 2.56. The second kappa shape index (κ2) is 6.61. The maximum absolute atomic E-state index is 13.8. The average molecular weight is 428 g/mol. The fraction of sp³-hybridized carbons (Fsp3) is 0.667. The predicted molar refractivity (Wildman–Crippen MR) is 108 cm³/mol. The highest BCUT2D eigenvalue weighted by molar-refractivity contribution is 6.07. The zero-order valence-electron chi connectivity index (χ0n) is 18.4. The molecule has 0 aromatic carbocycles. The first-order valence-electron chi connectivity index (χ1n) is 11.0. The second-order valence-corrected chi connectivity index (χ2v) is 10.2. The minimum absolute atomic E-state index is 0.0588.